The zero-order chi connectivity index (χ0) is 23.0. The summed E-state index contributed by atoms with van der Waals surface area (Å²) in [5, 5.41) is 18.7. The highest BCUT2D eigenvalue weighted by Crippen LogP contribution is 2.33. The smallest absolute Gasteiger partial charge is 0.303 e. The van der Waals surface area contributed by atoms with Crippen LogP contribution in [0, 0.1) is 5.41 Å². The number of nitrogens with one attached hydrogen (secondary N) is 2. The Bertz CT molecular complexity index is 1080. The molecule has 4 rings (SSSR count). The molecule has 1 saturated heterocycles. The fourth-order valence-electron chi connectivity index (χ4n) is 4.41. The van der Waals surface area contributed by atoms with E-state index in [4.69, 9.17) is 5.11 Å². The van der Waals surface area contributed by atoms with Crippen molar-refractivity contribution in [2.75, 3.05) is 11.9 Å². The summed E-state index contributed by atoms with van der Waals surface area (Å²) in [6.45, 7) is 3.67. The van der Waals surface area contributed by atoms with Gasteiger partial charge in [-0.15, -0.1) is 0 Å². The largest absolute Gasteiger partial charge is 0.481 e. The predicted molar refractivity (Wildman–Crippen MR) is 120 cm³/mol. The normalized spacial score (nSPS) is 20.2. The van der Waals surface area contributed by atoms with Crippen LogP contribution in [-0.2, 0) is 14.4 Å². The summed E-state index contributed by atoms with van der Waals surface area (Å²) in [6, 6.07) is 6.36. The Morgan fingerprint density at radius 2 is 2.00 bits per heavy atom. The van der Waals surface area contributed by atoms with Crippen LogP contribution in [0.3, 0.4) is 0 Å². The Kier molecular flexibility index (Phi) is 5.77. The Hall–Kier alpha value is -3.20. The van der Waals surface area contributed by atoms with Crippen LogP contribution in [0.15, 0.2) is 35.0 Å². The fourth-order valence-corrected chi connectivity index (χ4v) is 5.07. The van der Waals surface area contributed by atoms with Gasteiger partial charge in [0.05, 0.1) is 17.7 Å². The molecule has 0 aliphatic carbocycles. The van der Waals surface area contributed by atoms with Crippen LogP contribution < -0.4 is 10.6 Å². The number of carbonyl (C=O) groups is 4. The van der Waals surface area contributed by atoms with Crippen LogP contribution in [0.1, 0.15) is 43.5 Å². The summed E-state index contributed by atoms with van der Waals surface area (Å²) >= 11 is 1.57. The quantitative estimate of drug-likeness (QED) is 0.619. The average Bonchev–Trinajstić information content (AvgIpc) is 3.34. The third-order valence-corrected chi connectivity index (χ3v) is 6.54. The van der Waals surface area contributed by atoms with E-state index in [0.717, 1.165) is 11.1 Å². The van der Waals surface area contributed by atoms with Crippen LogP contribution >= 0.6 is 11.3 Å². The SMILES string of the molecule is CC(C)(CC(=O)O)CC(=O)N[C@@H]1C[C@@H]2C(=O)Nc3ccc(-c4ccsc4)cc3C(=O)N2C1. The van der Waals surface area contributed by atoms with E-state index in [0.29, 0.717) is 17.7 Å². The van der Waals surface area contributed by atoms with Crippen LogP contribution in [0.2, 0.25) is 0 Å². The van der Waals surface area contributed by atoms with Gasteiger partial charge in [-0.2, -0.15) is 11.3 Å². The van der Waals surface area contributed by atoms with Gasteiger partial charge in [0.1, 0.15) is 6.04 Å². The van der Waals surface area contributed by atoms with E-state index in [1.165, 1.54) is 4.90 Å². The molecule has 0 spiro atoms. The summed E-state index contributed by atoms with van der Waals surface area (Å²) in [6.07, 6.45) is 0.242. The summed E-state index contributed by atoms with van der Waals surface area (Å²) in [5.74, 6) is -1.77. The van der Waals surface area contributed by atoms with Gasteiger partial charge in [0.15, 0.2) is 0 Å². The molecule has 0 bridgehead atoms. The molecule has 2 atom stereocenters. The first-order chi connectivity index (χ1) is 15.1. The minimum Gasteiger partial charge on any atom is -0.481 e. The minimum absolute atomic E-state index is 0.0491. The summed E-state index contributed by atoms with van der Waals surface area (Å²) in [5.41, 5.74) is 2.14. The predicted octanol–water partition coefficient (Wildman–Crippen LogP) is 2.96. The number of benzene rings is 1. The second kappa shape index (κ2) is 8.38. The van der Waals surface area contributed by atoms with Crippen molar-refractivity contribution in [2.45, 2.75) is 45.2 Å². The van der Waals surface area contributed by atoms with Gasteiger partial charge < -0.3 is 20.6 Å². The first-order valence-electron chi connectivity index (χ1n) is 10.4. The number of hydrogen-bond acceptors (Lipinski definition) is 5. The van der Waals surface area contributed by atoms with Crippen molar-refractivity contribution < 1.29 is 24.3 Å². The van der Waals surface area contributed by atoms with Gasteiger partial charge in [0.2, 0.25) is 11.8 Å². The lowest BCUT2D eigenvalue weighted by atomic mass is 9.85. The van der Waals surface area contributed by atoms with Crippen LogP contribution in [-0.4, -0.2) is 52.3 Å². The fraction of sp³-hybridized carbons (Fsp3) is 0.391. The molecule has 1 fully saturated rings. The Labute approximate surface area is 189 Å². The number of thiophene rings is 1. The van der Waals surface area contributed by atoms with Crippen molar-refractivity contribution in [1.82, 2.24) is 10.2 Å². The second-order valence-corrected chi connectivity index (χ2v) is 9.93. The van der Waals surface area contributed by atoms with Gasteiger partial charge in [0.25, 0.3) is 5.91 Å². The van der Waals surface area contributed by atoms with Crippen molar-refractivity contribution >= 4 is 40.7 Å². The lowest BCUT2D eigenvalue weighted by molar-refractivity contribution is -0.139. The van der Waals surface area contributed by atoms with E-state index in [2.05, 4.69) is 10.6 Å². The molecule has 3 heterocycles. The zero-order valence-corrected chi connectivity index (χ0v) is 18.7. The molecule has 32 heavy (non-hydrogen) atoms. The van der Waals surface area contributed by atoms with E-state index in [1.54, 1.807) is 37.3 Å². The van der Waals surface area contributed by atoms with Gasteiger partial charge in [-0.05, 0) is 51.9 Å². The Balaban J connectivity index is 1.49. The van der Waals surface area contributed by atoms with E-state index in [1.807, 2.05) is 22.9 Å². The van der Waals surface area contributed by atoms with Crippen molar-refractivity contribution in [3.63, 3.8) is 0 Å². The molecule has 0 unspecified atom stereocenters. The Morgan fingerprint density at radius 1 is 1.22 bits per heavy atom. The van der Waals surface area contributed by atoms with Gasteiger partial charge in [-0.1, -0.05) is 19.9 Å². The number of nitrogens with zero attached hydrogens (tertiary/aromatic N) is 1. The van der Waals surface area contributed by atoms with Crippen LogP contribution in [0.5, 0.6) is 0 Å². The number of amides is 3. The summed E-state index contributed by atoms with van der Waals surface area (Å²) in [4.78, 5) is 51.2. The van der Waals surface area contributed by atoms with Gasteiger partial charge in [-0.3, -0.25) is 19.2 Å². The number of carboxylic acid groups (broad SMARTS) is 1. The molecule has 8 nitrogen and oxygen atoms in total. The highest BCUT2D eigenvalue weighted by molar-refractivity contribution is 7.08. The third kappa shape index (κ3) is 4.52. The number of carboxylic acids is 1. The molecule has 2 aromatic rings. The lowest BCUT2D eigenvalue weighted by Gasteiger charge is -2.23. The first-order valence-corrected chi connectivity index (χ1v) is 11.4. The van der Waals surface area contributed by atoms with E-state index >= 15 is 0 Å². The third-order valence-electron chi connectivity index (χ3n) is 5.86. The molecular formula is C23H25N3O5S. The van der Waals surface area contributed by atoms with Crippen molar-refractivity contribution in [1.29, 1.82) is 0 Å². The molecule has 2 aliphatic rings. The molecule has 9 heteroatoms. The molecule has 3 N–H and O–H groups in total. The number of hydrogen-bond donors (Lipinski definition) is 3. The standard InChI is InChI=1S/C23H25N3O5S/c1-23(2,10-20(28)29)9-19(27)24-15-8-18-21(30)25-17-4-3-13(14-5-6-32-12-14)7-16(17)22(31)26(18)11-15/h3-7,12,15,18H,8-11H2,1-2H3,(H,24,27)(H,25,30)(H,28,29)/t15-,18-/m1/s1. The van der Waals surface area contributed by atoms with E-state index < -0.39 is 17.4 Å². The number of carbonyl (C=O) groups excluding carboxylic acids is 3. The molecule has 1 aromatic carbocycles. The maximum atomic E-state index is 13.3. The van der Waals surface area contributed by atoms with Crippen molar-refractivity contribution in [2.24, 2.45) is 5.41 Å². The molecule has 2 aliphatic heterocycles. The molecule has 3 amide bonds. The van der Waals surface area contributed by atoms with Crippen LogP contribution in [0.4, 0.5) is 5.69 Å². The first kappa shape index (κ1) is 22.0. The van der Waals surface area contributed by atoms with Crippen molar-refractivity contribution in [3.05, 3.63) is 40.6 Å². The molecule has 168 valence electrons. The number of aliphatic carboxylic acids is 1. The molecule has 0 radical (unpaired) electrons. The van der Waals surface area contributed by atoms with E-state index in [-0.39, 0.29) is 43.1 Å². The zero-order valence-electron chi connectivity index (χ0n) is 17.9. The van der Waals surface area contributed by atoms with Crippen molar-refractivity contribution in [3.8, 4) is 11.1 Å². The van der Waals surface area contributed by atoms with Gasteiger partial charge in [0, 0.05) is 19.0 Å². The summed E-state index contributed by atoms with van der Waals surface area (Å²) in [7, 11) is 0. The maximum absolute atomic E-state index is 13.3. The lowest BCUT2D eigenvalue weighted by Crippen LogP contribution is -2.41. The van der Waals surface area contributed by atoms with Gasteiger partial charge >= 0.3 is 5.97 Å². The number of rotatable bonds is 6. The Morgan fingerprint density at radius 3 is 2.69 bits per heavy atom. The summed E-state index contributed by atoms with van der Waals surface area (Å²) < 4.78 is 0. The monoisotopic (exact) mass is 455 g/mol. The van der Waals surface area contributed by atoms with Crippen LogP contribution in [0.25, 0.3) is 11.1 Å². The molecule has 1 aromatic heterocycles. The average molecular weight is 456 g/mol. The maximum Gasteiger partial charge on any atom is 0.303 e. The van der Waals surface area contributed by atoms with E-state index in [9.17, 15) is 19.2 Å². The topological polar surface area (TPSA) is 116 Å². The minimum atomic E-state index is -0.959. The number of fused-ring (bicyclic) bond motifs is 2. The highest BCUT2D eigenvalue weighted by atomic mass is 32.1. The second-order valence-electron chi connectivity index (χ2n) is 9.15. The van der Waals surface area contributed by atoms with Gasteiger partial charge in [-0.25, -0.2) is 0 Å². The number of anilines is 1. The molecule has 0 saturated carbocycles. The highest BCUT2D eigenvalue weighted by Gasteiger charge is 2.43. The molecular weight excluding hydrogens is 430 g/mol.